The van der Waals surface area contributed by atoms with Gasteiger partial charge in [-0.2, -0.15) is 0 Å². The third kappa shape index (κ3) is 3.41. The Bertz CT molecular complexity index is 512. The van der Waals surface area contributed by atoms with E-state index in [1.165, 1.54) is 14.2 Å². The summed E-state index contributed by atoms with van der Waals surface area (Å²) in [6, 6.07) is 2.13. The van der Waals surface area contributed by atoms with Gasteiger partial charge >= 0.3 is 5.97 Å². The Kier molecular flexibility index (Phi) is 4.81. The van der Waals surface area contributed by atoms with Crippen LogP contribution in [0.1, 0.15) is 10.4 Å². The average Bonchev–Trinajstić information content (AvgIpc) is 2.43. The minimum Gasteiger partial charge on any atom is -0.493 e. The lowest BCUT2D eigenvalue weighted by atomic mass is 10.2. The molecule has 19 heavy (non-hydrogen) atoms. The number of nitrogens with zero attached hydrogens (tertiary/aromatic N) is 1. The van der Waals surface area contributed by atoms with E-state index in [0.717, 1.165) is 12.1 Å². The molecule has 0 saturated carbocycles. The summed E-state index contributed by atoms with van der Waals surface area (Å²) in [5.41, 5.74) is -0.403. The quantitative estimate of drug-likeness (QED) is 0.328. The lowest BCUT2D eigenvalue weighted by molar-refractivity contribution is -0.385. The zero-order valence-corrected chi connectivity index (χ0v) is 10.2. The number of carbonyl (C=O) groups excluding carboxylic acids is 2. The van der Waals surface area contributed by atoms with Gasteiger partial charge in [0.1, 0.15) is 0 Å². The van der Waals surface area contributed by atoms with Gasteiger partial charge in [0.15, 0.2) is 24.4 Å². The summed E-state index contributed by atoms with van der Waals surface area (Å²) >= 11 is 0. The van der Waals surface area contributed by atoms with Gasteiger partial charge in [-0.25, -0.2) is 4.79 Å². The molecule has 0 saturated heterocycles. The molecule has 102 valence electrons. The molecule has 0 heterocycles. The number of nitro groups is 1. The number of hydrogen-bond acceptors (Lipinski definition) is 7. The van der Waals surface area contributed by atoms with Crippen molar-refractivity contribution in [3.8, 4) is 11.5 Å². The molecule has 0 radical (unpaired) electrons. The molecule has 0 amide bonds. The van der Waals surface area contributed by atoms with E-state index in [0.29, 0.717) is 6.29 Å². The van der Waals surface area contributed by atoms with Gasteiger partial charge < -0.3 is 14.2 Å². The second kappa shape index (κ2) is 6.34. The molecule has 0 N–H and O–H groups in total. The topological polar surface area (TPSA) is 105 Å². The number of esters is 1. The first-order chi connectivity index (χ1) is 9.03. The number of rotatable bonds is 6. The maximum Gasteiger partial charge on any atom is 0.343 e. The predicted octanol–water partition coefficient (Wildman–Crippen LogP) is 0.968. The molecule has 1 aromatic carbocycles. The molecule has 0 aromatic heterocycles. The van der Waals surface area contributed by atoms with Crippen molar-refractivity contribution in [3.63, 3.8) is 0 Å². The van der Waals surface area contributed by atoms with Crippen molar-refractivity contribution >= 4 is 17.9 Å². The maximum atomic E-state index is 11.0. The SMILES string of the molecule is COC(=O)COc1c(C=O)cc([N+](=O)[O-])cc1OC. The van der Waals surface area contributed by atoms with Crippen LogP contribution in [0, 0.1) is 10.1 Å². The van der Waals surface area contributed by atoms with Crippen molar-refractivity contribution in [1.82, 2.24) is 0 Å². The van der Waals surface area contributed by atoms with E-state index in [1.54, 1.807) is 0 Å². The van der Waals surface area contributed by atoms with Crippen LogP contribution in [-0.2, 0) is 9.53 Å². The van der Waals surface area contributed by atoms with Crippen LogP contribution in [0.25, 0.3) is 0 Å². The largest absolute Gasteiger partial charge is 0.493 e. The number of benzene rings is 1. The molecule has 8 heteroatoms. The molecule has 0 atom stereocenters. The number of methoxy groups -OCH3 is 2. The Morgan fingerprint density at radius 2 is 2.11 bits per heavy atom. The third-order valence-electron chi connectivity index (χ3n) is 2.19. The normalized spacial score (nSPS) is 9.58. The van der Waals surface area contributed by atoms with E-state index in [2.05, 4.69) is 4.74 Å². The second-order valence-corrected chi connectivity index (χ2v) is 3.31. The zero-order valence-electron chi connectivity index (χ0n) is 10.2. The summed E-state index contributed by atoms with van der Waals surface area (Å²) in [6.45, 7) is -0.439. The molecule has 1 aromatic rings. The van der Waals surface area contributed by atoms with E-state index >= 15 is 0 Å². The van der Waals surface area contributed by atoms with E-state index in [-0.39, 0.29) is 22.7 Å². The van der Waals surface area contributed by atoms with Gasteiger partial charge in [0.2, 0.25) is 0 Å². The van der Waals surface area contributed by atoms with Crippen molar-refractivity contribution < 1.29 is 28.7 Å². The Morgan fingerprint density at radius 3 is 2.58 bits per heavy atom. The van der Waals surface area contributed by atoms with E-state index in [1.807, 2.05) is 0 Å². The van der Waals surface area contributed by atoms with Crippen LogP contribution >= 0.6 is 0 Å². The molecule has 0 aliphatic rings. The fourth-order valence-electron chi connectivity index (χ4n) is 1.30. The monoisotopic (exact) mass is 269 g/mol. The van der Waals surface area contributed by atoms with Crippen LogP contribution in [0.3, 0.4) is 0 Å². The highest BCUT2D eigenvalue weighted by Gasteiger charge is 2.19. The number of carbonyl (C=O) groups is 2. The predicted molar refractivity (Wildman–Crippen MR) is 62.5 cm³/mol. The first-order valence-electron chi connectivity index (χ1n) is 5.04. The number of ether oxygens (including phenoxy) is 3. The highest BCUT2D eigenvalue weighted by atomic mass is 16.6. The van der Waals surface area contributed by atoms with Gasteiger partial charge in [-0.15, -0.1) is 0 Å². The van der Waals surface area contributed by atoms with Crippen molar-refractivity contribution in [1.29, 1.82) is 0 Å². The van der Waals surface area contributed by atoms with Gasteiger partial charge in [0.25, 0.3) is 5.69 Å². The Hall–Kier alpha value is -2.64. The molecular formula is C11H11NO7. The lowest BCUT2D eigenvalue weighted by Crippen LogP contribution is -2.14. The Labute approximate surface area is 108 Å². The number of aldehydes is 1. The summed E-state index contributed by atoms with van der Waals surface area (Å²) in [6.07, 6.45) is 0.377. The molecule has 0 aliphatic carbocycles. The zero-order chi connectivity index (χ0) is 14.4. The Balaban J connectivity index is 3.17. The number of nitro benzene ring substituents is 1. The van der Waals surface area contributed by atoms with Crippen molar-refractivity contribution in [2.24, 2.45) is 0 Å². The summed E-state index contributed by atoms with van der Waals surface area (Å²) in [5.74, 6) is -0.717. The van der Waals surface area contributed by atoms with Gasteiger partial charge in [-0.3, -0.25) is 14.9 Å². The van der Waals surface area contributed by atoms with Gasteiger partial charge in [-0.1, -0.05) is 0 Å². The molecule has 0 bridgehead atoms. The lowest BCUT2D eigenvalue weighted by Gasteiger charge is -2.11. The average molecular weight is 269 g/mol. The van der Waals surface area contributed by atoms with Gasteiger partial charge in [-0.05, 0) is 0 Å². The summed E-state index contributed by atoms with van der Waals surface area (Å²) in [4.78, 5) is 31.9. The highest BCUT2D eigenvalue weighted by Crippen LogP contribution is 2.34. The van der Waals surface area contributed by atoms with Crippen LogP contribution in [0.15, 0.2) is 12.1 Å². The highest BCUT2D eigenvalue weighted by molar-refractivity contribution is 5.83. The first kappa shape index (κ1) is 14.4. The molecule has 8 nitrogen and oxygen atoms in total. The van der Waals surface area contributed by atoms with Crippen molar-refractivity contribution in [2.75, 3.05) is 20.8 Å². The molecule has 0 aliphatic heterocycles. The van der Waals surface area contributed by atoms with Gasteiger partial charge in [0, 0.05) is 6.07 Å². The summed E-state index contributed by atoms with van der Waals surface area (Å²) < 4.78 is 14.4. The second-order valence-electron chi connectivity index (χ2n) is 3.31. The molecule has 0 unspecified atom stereocenters. The molecule has 0 fully saturated rings. The van der Waals surface area contributed by atoms with Gasteiger partial charge in [0.05, 0.1) is 30.8 Å². The minimum absolute atomic E-state index is 0.0137. The van der Waals surface area contributed by atoms with Crippen LogP contribution in [-0.4, -0.2) is 38.0 Å². The number of non-ortho nitro benzene ring substituents is 1. The fourth-order valence-corrected chi connectivity index (χ4v) is 1.30. The first-order valence-corrected chi connectivity index (χ1v) is 5.04. The Morgan fingerprint density at radius 1 is 1.42 bits per heavy atom. The van der Waals surface area contributed by atoms with E-state index in [4.69, 9.17) is 9.47 Å². The minimum atomic E-state index is -0.667. The summed E-state index contributed by atoms with van der Waals surface area (Å²) in [5, 5.41) is 10.7. The van der Waals surface area contributed by atoms with Crippen LogP contribution in [0.5, 0.6) is 11.5 Å². The van der Waals surface area contributed by atoms with Crippen LogP contribution in [0.2, 0.25) is 0 Å². The van der Waals surface area contributed by atoms with Crippen LogP contribution in [0.4, 0.5) is 5.69 Å². The third-order valence-corrected chi connectivity index (χ3v) is 2.19. The standard InChI is InChI=1S/C11H11NO7/c1-17-9-4-8(12(15)16)3-7(5-13)11(9)19-6-10(14)18-2/h3-5H,6H2,1-2H3. The summed E-state index contributed by atoms with van der Waals surface area (Å²) in [7, 11) is 2.44. The molecule has 0 spiro atoms. The smallest absolute Gasteiger partial charge is 0.343 e. The number of hydrogen-bond donors (Lipinski definition) is 0. The van der Waals surface area contributed by atoms with Crippen molar-refractivity contribution in [2.45, 2.75) is 0 Å². The van der Waals surface area contributed by atoms with E-state index in [9.17, 15) is 19.7 Å². The van der Waals surface area contributed by atoms with Crippen molar-refractivity contribution in [3.05, 3.63) is 27.8 Å². The van der Waals surface area contributed by atoms with E-state index < -0.39 is 17.5 Å². The molecular weight excluding hydrogens is 258 g/mol. The molecule has 1 rings (SSSR count). The maximum absolute atomic E-state index is 11.0. The fraction of sp³-hybridized carbons (Fsp3) is 0.273. The van der Waals surface area contributed by atoms with Crippen LogP contribution < -0.4 is 9.47 Å².